The Morgan fingerprint density at radius 3 is 2.62 bits per heavy atom. The zero-order valence-electron chi connectivity index (χ0n) is 15.0. The van der Waals surface area contributed by atoms with Gasteiger partial charge in [-0.05, 0) is 51.0 Å². The maximum absolute atomic E-state index is 12.5. The normalized spacial score (nSPS) is 11.7. The topological polar surface area (TPSA) is 72.0 Å². The van der Waals surface area contributed by atoms with E-state index in [1.165, 1.54) is 0 Å². The van der Waals surface area contributed by atoms with Gasteiger partial charge in [0, 0.05) is 17.6 Å². The second-order valence-corrected chi connectivity index (χ2v) is 8.98. The van der Waals surface area contributed by atoms with E-state index in [9.17, 15) is 8.42 Å². The molecule has 0 saturated carbocycles. The molecule has 0 atom stereocenters. The summed E-state index contributed by atoms with van der Waals surface area (Å²) >= 11 is 1.56. The van der Waals surface area contributed by atoms with Crippen LogP contribution in [0, 0.1) is 20.8 Å². The molecule has 26 heavy (non-hydrogen) atoms. The number of hydrogen-bond donors (Lipinski definition) is 1. The third-order valence-corrected chi connectivity index (χ3v) is 6.90. The molecule has 3 rings (SSSR count). The van der Waals surface area contributed by atoms with Crippen molar-refractivity contribution < 1.29 is 8.42 Å². The van der Waals surface area contributed by atoms with Crippen LogP contribution in [0.15, 0.2) is 47.5 Å². The molecule has 7 heteroatoms. The molecule has 1 N–H and O–H groups in total. The lowest BCUT2D eigenvalue weighted by Crippen LogP contribution is -2.26. The van der Waals surface area contributed by atoms with E-state index >= 15 is 0 Å². The van der Waals surface area contributed by atoms with Crippen molar-refractivity contribution in [2.75, 3.05) is 6.54 Å². The summed E-state index contributed by atoms with van der Waals surface area (Å²) < 4.78 is 27.8. The molecule has 0 amide bonds. The van der Waals surface area contributed by atoms with Crippen molar-refractivity contribution in [3.63, 3.8) is 0 Å². The Hall–Kier alpha value is -2.09. The zero-order valence-corrected chi connectivity index (χ0v) is 16.6. The van der Waals surface area contributed by atoms with Gasteiger partial charge in [-0.2, -0.15) is 0 Å². The molecule has 0 saturated heterocycles. The van der Waals surface area contributed by atoms with E-state index in [0.29, 0.717) is 17.9 Å². The van der Waals surface area contributed by atoms with E-state index in [4.69, 9.17) is 0 Å². The van der Waals surface area contributed by atoms with Crippen LogP contribution in [-0.4, -0.2) is 24.9 Å². The standard InChI is InChI=1S/C19H21N3O2S2/c1-13-7-8-18(14(2)12-13)26(23,24)21-11-9-17-15(3)22-19(25-17)16-6-4-5-10-20-16/h4-8,10,12,21H,9,11H2,1-3H3. The van der Waals surface area contributed by atoms with Crippen molar-refractivity contribution in [3.8, 4) is 10.7 Å². The largest absolute Gasteiger partial charge is 0.254 e. The van der Waals surface area contributed by atoms with Gasteiger partial charge in [0.25, 0.3) is 0 Å². The fraction of sp³-hybridized carbons (Fsp3) is 0.263. The number of benzene rings is 1. The first-order valence-electron chi connectivity index (χ1n) is 8.31. The smallest absolute Gasteiger partial charge is 0.240 e. The average molecular weight is 388 g/mol. The highest BCUT2D eigenvalue weighted by Gasteiger charge is 2.17. The van der Waals surface area contributed by atoms with Crippen molar-refractivity contribution >= 4 is 21.4 Å². The molecule has 136 valence electrons. The van der Waals surface area contributed by atoms with Crippen LogP contribution in [0.1, 0.15) is 21.7 Å². The summed E-state index contributed by atoms with van der Waals surface area (Å²) in [6.07, 6.45) is 2.34. The van der Waals surface area contributed by atoms with Crippen LogP contribution in [0.2, 0.25) is 0 Å². The number of sulfonamides is 1. The second kappa shape index (κ2) is 7.65. The molecule has 0 spiro atoms. The van der Waals surface area contributed by atoms with Crippen LogP contribution in [0.4, 0.5) is 0 Å². The van der Waals surface area contributed by atoms with Crippen molar-refractivity contribution in [2.45, 2.75) is 32.1 Å². The minimum absolute atomic E-state index is 0.332. The summed E-state index contributed by atoms with van der Waals surface area (Å²) in [6.45, 7) is 6.04. The number of nitrogens with zero attached hydrogens (tertiary/aromatic N) is 2. The molecule has 0 bridgehead atoms. The Morgan fingerprint density at radius 1 is 1.12 bits per heavy atom. The Labute approximate surface area is 158 Å². The van der Waals surface area contributed by atoms with Gasteiger partial charge < -0.3 is 0 Å². The summed E-state index contributed by atoms with van der Waals surface area (Å²) in [6, 6.07) is 11.1. The van der Waals surface area contributed by atoms with Gasteiger partial charge in [0.05, 0.1) is 16.3 Å². The van der Waals surface area contributed by atoms with E-state index in [2.05, 4.69) is 14.7 Å². The fourth-order valence-corrected chi connectivity index (χ4v) is 5.03. The molecule has 0 unspecified atom stereocenters. The maximum atomic E-state index is 12.5. The Balaban J connectivity index is 1.69. The molecular weight excluding hydrogens is 366 g/mol. The van der Waals surface area contributed by atoms with Crippen LogP contribution in [0.5, 0.6) is 0 Å². The first-order chi connectivity index (χ1) is 12.4. The van der Waals surface area contributed by atoms with Crippen molar-refractivity contribution in [2.24, 2.45) is 0 Å². The minimum atomic E-state index is -3.51. The quantitative estimate of drug-likeness (QED) is 0.701. The zero-order chi connectivity index (χ0) is 18.7. The van der Waals surface area contributed by atoms with Crippen molar-refractivity contribution in [3.05, 3.63) is 64.3 Å². The van der Waals surface area contributed by atoms with Crippen LogP contribution >= 0.6 is 11.3 Å². The van der Waals surface area contributed by atoms with Crippen molar-refractivity contribution in [1.29, 1.82) is 0 Å². The fourth-order valence-electron chi connectivity index (χ4n) is 2.74. The number of thiazole rings is 1. The summed E-state index contributed by atoms with van der Waals surface area (Å²) in [7, 11) is -3.51. The Bertz CT molecular complexity index is 1010. The Morgan fingerprint density at radius 2 is 1.92 bits per heavy atom. The average Bonchev–Trinajstić information content (AvgIpc) is 2.96. The predicted molar refractivity (Wildman–Crippen MR) is 105 cm³/mol. The van der Waals surface area contributed by atoms with Gasteiger partial charge in [0.2, 0.25) is 10.0 Å². The van der Waals surface area contributed by atoms with Gasteiger partial charge in [-0.15, -0.1) is 11.3 Å². The third kappa shape index (κ3) is 4.17. The van der Waals surface area contributed by atoms with Gasteiger partial charge in [-0.3, -0.25) is 4.98 Å². The summed E-state index contributed by atoms with van der Waals surface area (Å²) in [4.78, 5) is 10.3. The van der Waals surface area contributed by atoms with E-state index in [-0.39, 0.29) is 0 Å². The van der Waals surface area contributed by atoms with E-state index < -0.39 is 10.0 Å². The molecule has 0 aliphatic rings. The lowest BCUT2D eigenvalue weighted by atomic mass is 10.2. The van der Waals surface area contributed by atoms with Gasteiger partial charge >= 0.3 is 0 Å². The molecular formula is C19H21N3O2S2. The number of aromatic nitrogens is 2. The maximum Gasteiger partial charge on any atom is 0.240 e. The summed E-state index contributed by atoms with van der Waals surface area (Å²) in [5, 5.41) is 0.857. The van der Waals surface area contributed by atoms with E-state index in [0.717, 1.165) is 32.4 Å². The monoisotopic (exact) mass is 387 g/mol. The molecule has 0 aliphatic heterocycles. The number of nitrogens with one attached hydrogen (secondary N) is 1. The van der Waals surface area contributed by atoms with E-state index in [1.807, 2.05) is 51.1 Å². The van der Waals surface area contributed by atoms with Gasteiger partial charge in [-0.25, -0.2) is 18.1 Å². The molecule has 2 aromatic heterocycles. The molecule has 1 aromatic carbocycles. The SMILES string of the molecule is Cc1ccc(S(=O)(=O)NCCc2sc(-c3ccccn3)nc2C)c(C)c1. The van der Waals surface area contributed by atoms with E-state index in [1.54, 1.807) is 23.6 Å². The number of aryl methyl sites for hydroxylation is 3. The molecule has 5 nitrogen and oxygen atoms in total. The third-order valence-electron chi connectivity index (χ3n) is 4.04. The van der Waals surface area contributed by atoms with Crippen molar-refractivity contribution in [1.82, 2.24) is 14.7 Å². The number of pyridine rings is 1. The lowest BCUT2D eigenvalue weighted by molar-refractivity contribution is 0.581. The summed E-state index contributed by atoms with van der Waals surface area (Å²) in [5.41, 5.74) is 3.55. The highest BCUT2D eigenvalue weighted by molar-refractivity contribution is 7.89. The molecule has 3 aromatic rings. The molecule has 2 heterocycles. The molecule has 0 fully saturated rings. The number of hydrogen-bond acceptors (Lipinski definition) is 5. The Kier molecular flexibility index (Phi) is 5.50. The van der Waals surface area contributed by atoms with Gasteiger partial charge in [0.1, 0.15) is 5.01 Å². The first-order valence-corrected chi connectivity index (χ1v) is 10.6. The van der Waals surface area contributed by atoms with Crippen LogP contribution in [0.25, 0.3) is 10.7 Å². The lowest BCUT2D eigenvalue weighted by Gasteiger charge is -2.09. The number of rotatable bonds is 6. The molecule has 0 radical (unpaired) electrons. The highest BCUT2D eigenvalue weighted by atomic mass is 32.2. The minimum Gasteiger partial charge on any atom is -0.254 e. The van der Waals surface area contributed by atoms with Crippen LogP contribution < -0.4 is 4.72 Å². The highest BCUT2D eigenvalue weighted by Crippen LogP contribution is 2.26. The first kappa shape index (κ1) is 18.7. The predicted octanol–water partition coefficient (Wildman–Crippen LogP) is 3.65. The van der Waals surface area contributed by atoms with Crippen LogP contribution in [0.3, 0.4) is 0 Å². The molecule has 0 aliphatic carbocycles. The van der Waals surface area contributed by atoms with Gasteiger partial charge in [0.15, 0.2) is 0 Å². The van der Waals surface area contributed by atoms with Gasteiger partial charge in [-0.1, -0.05) is 23.8 Å². The van der Waals surface area contributed by atoms with Crippen LogP contribution in [-0.2, 0) is 16.4 Å². The second-order valence-electron chi connectivity index (χ2n) is 6.16. The summed E-state index contributed by atoms with van der Waals surface area (Å²) in [5.74, 6) is 0.